The first-order valence-electron chi connectivity index (χ1n) is 6.41. The average Bonchev–Trinajstić information content (AvgIpc) is 2.35. The molecule has 0 aliphatic heterocycles. The minimum absolute atomic E-state index is 0.0179. The molecule has 1 aromatic carbocycles. The van der Waals surface area contributed by atoms with Gasteiger partial charge in [0.1, 0.15) is 0 Å². The SMILES string of the molecule is NCCc1ccc(C(=O)NC2(CO)CCC2)cc1. The lowest BCUT2D eigenvalue weighted by Gasteiger charge is -2.40. The van der Waals surface area contributed by atoms with Crippen molar-refractivity contribution in [3.63, 3.8) is 0 Å². The summed E-state index contributed by atoms with van der Waals surface area (Å²) in [5.41, 5.74) is 6.86. The lowest BCUT2D eigenvalue weighted by atomic mass is 9.77. The summed E-state index contributed by atoms with van der Waals surface area (Å²) >= 11 is 0. The largest absolute Gasteiger partial charge is 0.394 e. The van der Waals surface area contributed by atoms with E-state index >= 15 is 0 Å². The third kappa shape index (κ3) is 2.71. The first kappa shape index (κ1) is 13.1. The predicted molar refractivity (Wildman–Crippen MR) is 70.3 cm³/mol. The fraction of sp³-hybridized carbons (Fsp3) is 0.500. The van der Waals surface area contributed by atoms with E-state index in [1.807, 2.05) is 24.3 Å². The van der Waals surface area contributed by atoms with Crippen molar-refractivity contribution in [2.45, 2.75) is 31.2 Å². The lowest BCUT2D eigenvalue weighted by Crippen LogP contribution is -2.56. The van der Waals surface area contributed by atoms with Crippen molar-refractivity contribution in [1.29, 1.82) is 0 Å². The molecule has 4 heteroatoms. The minimum Gasteiger partial charge on any atom is -0.394 e. The first-order chi connectivity index (χ1) is 8.69. The van der Waals surface area contributed by atoms with Crippen molar-refractivity contribution in [1.82, 2.24) is 5.32 Å². The maximum absolute atomic E-state index is 12.0. The van der Waals surface area contributed by atoms with Gasteiger partial charge in [-0.3, -0.25) is 4.79 Å². The molecule has 1 saturated carbocycles. The van der Waals surface area contributed by atoms with Gasteiger partial charge in [0.05, 0.1) is 12.1 Å². The van der Waals surface area contributed by atoms with Crippen LogP contribution in [0.25, 0.3) is 0 Å². The number of hydrogen-bond donors (Lipinski definition) is 3. The Morgan fingerprint density at radius 1 is 1.33 bits per heavy atom. The fourth-order valence-electron chi connectivity index (χ4n) is 2.23. The number of aliphatic hydroxyl groups excluding tert-OH is 1. The highest BCUT2D eigenvalue weighted by Gasteiger charge is 2.37. The molecule has 0 atom stereocenters. The molecule has 0 saturated heterocycles. The second-order valence-electron chi connectivity index (χ2n) is 4.98. The van der Waals surface area contributed by atoms with Gasteiger partial charge in [-0.25, -0.2) is 0 Å². The van der Waals surface area contributed by atoms with E-state index in [2.05, 4.69) is 5.32 Å². The van der Waals surface area contributed by atoms with Gasteiger partial charge in [-0.1, -0.05) is 12.1 Å². The highest BCUT2D eigenvalue weighted by molar-refractivity contribution is 5.94. The standard InChI is InChI=1S/C14H20N2O2/c15-9-6-11-2-4-12(5-3-11)13(18)16-14(10-17)7-1-8-14/h2-5,17H,1,6-10,15H2,(H,16,18). The highest BCUT2D eigenvalue weighted by atomic mass is 16.3. The number of benzene rings is 1. The van der Waals surface area contributed by atoms with Crippen LogP contribution in [0.2, 0.25) is 0 Å². The molecule has 1 aliphatic carbocycles. The van der Waals surface area contributed by atoms with E-state index in [4.69, 9.17) is 5.73 Å². The van der Waals surface area contributed by atoms with Gasteiger partial charge >= 0.3 is 0 Å². The summed E-state index contributed by atoms with van der Waals surface area (Å²) in [4.78, 5) is 12.0. The van der Waals surface area contributed by atoms with Crippen LogP contribution in [0.3, 0.4) is 0 Å². The Balaban J connectivity index is 2.00. The topological polar surface area (TPSA) is 75.4 Å². The summed E-state index contributed by atoms with van der Waals surface area (Å²) < 4.78 is 0. The summed E-state index contributed by atoms with van der Waals surface area (Å²) in [5, 5.41) is 12.3. The van der Waals surface area contributed by atoms with Gasteiger partial charge in [0.25, 0.3) is 5.91 Å². The molecule has 4 N–H and O–H groups in total. The molecular weight excluding hydrogens is 228 g/mol. The minimum atomic E-state index is -0.382. The van der Waals surface area contributed by atoms with Crippen molar-refractivity contribution in [2.75, 3.05) is 13.2 Å². The first-order valence-corrected chi connectivity index (χ1v) is 6.41. The number of carbonyl (C=O) groups excluding carboxylic acids is 1. The van der Waals surface area contributed by atoms with Crippen LogP contribution >= 0.6 is 0 Å². The molecule has 0 heterocycles. The Hall–Kier alpha value is -1.39. The Bertz CT molecular complexity index is 405. The maximum atomic E-state index is 12.0. The molecule has 0 aromatic heterocycles. The van der Waals surface area contributed by atoms with Gasteiger partial charge < -0.3 is 16.2 Å². The summed E-state index contributed by atoms with van der Waals surface area (Å²) in [6.45, 7) is 0.628. The van der Waals surface area contributed by atoms with Gasteiger partial charge in [0.15, 0.2) is 0 Å². The van der Waals surface area contributed by atoms with Crippen LogP contribution in [-0.4, -0.2) is 29.7 Å². The van der Waals surface area contributed by atoms with Crippen LogP contribution < -0.4 is 11.1 Å². The van der Waals surface area contributed by atoms with E-state index < -0.39 is 0 Å². The second-order valence-corrected chi connectivity index (χ2v) is 4.98. The third-order valence-corrected chi connectivity index (χ3v) is 3.64. The number of nitrogens with one attached hydrogen (secondary N) is 1. The Kier molecular flexibility index (Phi) is 3.99. The van der Waals surface area contributed by atoms with E-state index in [1.165, 1.54) is 0 Å². The van der Waals surface area contributed by atoms with Gasteiger partial charge in [-0.15, -0.1) is 0 Å². The quantitative estimate of drug-likeness (QED) is 0.722. The van der Waals surface area contributed by atoms with Crippen LogP contribution in [-0.2, 0) is 6.42 Å². The molecule has 0 radical (unpaired) electrons. The predicted octanol–water partition coefficient (Wildman–Crippen LogP) is 0.833. The Labute approximate surface area is 107 Å². The number of nitrogens with two attached hydrogens (primary N) is 1. The number of aliphatic hydroxyl groups is 1. The van der Waals surface area contributed by atoms with Crippen LogP contribution in [0.1, 0.15) is 35.2 Å². The molecule has 1 aliphatic rings. The van der Waals surface area contributed by atoms with E-state index in [9.17, 15) is 9.90 Å². The maximum Gasteiger partial charge on any atom is 0.251 e. The molecule has 1 amide bonds. The van der Waals surface area contributed by atoms with Crippen molar-refractivity contribution in [3.8, 4) is 0 Å². The van der Waals surface area contributed by atoms with Crippen LogP contribution in [0.4, 0.5) is 0 Å². The van der Waals surface area contributed by atoms with Gasteiger partial charge in [-0.05, 0) is 49.9 Å². The van der Waals surface area contributed by atoms with Gasteiger partial charge in [-0.2, -0.15) is 0 Å². The molecule has 1 fully saturated rings. The van der Waals surface area contributed by atoms with Crippen LogP contribution in [0.5, 0.6) is 0 Å². The van der Waals surface area contributed by atoms with E-state index in [1.54, 1.807) is 0 Å². The molecule has 1 aromatic rings. The molecule has 0 bridgehead atoms. The van der Waals surface area contributed by atoms with Crippen LogP contribution in [0.15, 0.2) is 24.3 Å². The van der Waals surface area contributed by atoms with Crippen molar-refractivity contribution in [3.05, 3.63) is 35.4 Å². The van der Waals surface area contributed by atoms with Crippen molar-refractivity contribution >= 4 is 5.91 Å². The van der Waals surface area contributed by atoms with E-state index in [0.29, 0.717) is 12.1 Å². The van der Waals surface area contributed by atoms with E-state index in [0.717, 1.165) is 31.2 Å². The van der Waals surface area contributed by atoms with Crippen molar-refractivity contribution < 1.29 is 9.90 Å². The molecule has 98 valence electrons. The zero-order chi connectivity index (χ0) is 13.0. The third-order valence-electron chi connectivity index (χ3n) is 3.64. The molecule has 4 nitrogen and oxygen atoms in total. The second kappa shape index (κ2) is 5.50. The van der Waals surface area contributed by atoms with Crippen LogP contribution in [0, 0.1) is 0 Å². The Morgan fingerprint density at radius 2 is 2.00 bits per heavy atom. The zero-order valence-corrected chi connectivity index (χ0v) is 10.5. The summed E-state index contributed by atoms with van der Waals surface area (Å²) in [6, 6.07) is 7.47. The molecule has 2 rings (SSSR count). The molecule has 18 heavy (non-hydrogen) atoms. The smallest absolute Gasteiger partial charge is 0.251 e. The number of hydrogen-bond acceptors (Lipinski definition) is 3. The summed E-state index contributed by atoms with van der Waals surface area (Å²) in [6.07, 6.45) is 3.61. The summed E-state index contributed by atoms with van der Waals surface area (Å²) in [7, 11) is 0. The number of carbonyl (C=O) groups is 1. The molecule has 0 unspecified atom stereocenters. The van der Waals surface area contributed by atoms with Crippen molar-refractivity contribution in [2.24, 2.45) is 5.73 Å². The van der Waals surface area contributed by atoms with E-state index in [-0.39, 0.29) is 18.1 Å². The zero-order valence-electron chi connectivity index (χ0n) is 10.5. The molecule has 0 spiro atoms. The number of rotatable bonds is 5. The fourth-order valence-corrected chi connectivity index (χ4v) is 2.23. The summed E-state index contributed by atoms with van der Waals surface area (Å²) in [5.74, 6) is -0.108. The van der Waals surface area contributed by atoms with Gasteiger partial charge in [0, 0.05) is 5.56 Å². The average molecular weight is 248 g/mol. The molecular formula is C14H20N2O2. The monoisotopic (exact) mass is 248 g/mol. The van der Waals surface area contributed by atoms with Gasteiger partial charge in [0.2, 0.25) is 0 Å². The normalized spacial score (nSPS) is 17.0. The lowest BCUT2D eigenvalue weighted by molar-refractivity contribution is 0.0641. The number of amides is 1. The highest BCUT2D eigenvalue weighted by Crippen LogP contribution is 2.31. The Morgan fingerprint density at radius 3 is 2.44 bits per heavy atom.